The third-order valence-electron chi connectivity index (χ3n) is 4.34. The molecule has 0 radical (unpaired) electrons. The molecule has 1 aromatic heterocycles. The van der Waals surface area contributed by atoms with Gasteiger partial charge >= 0.3 is 6.36 Å². The molecule has 1 aromatic carbocycles. The summed E-state index contributed by atoms with van der Waals surface area (Å²) in [5.41, 5.74) is 1.92. The molecule has 0 amide bonds. The number of benzene rings is 1. The summed E-state index contributed by atoms with van der Waals surface area (Å²) in [6.07, 6.45) is -0.993. The van der Waals surface area contributed by atoms with Gasteiger partial charge in [0.2, 0.25) is 0 Å². The summed E-state index contributed by atoms with van der Waals surface area (Å²) in [5.74, 6) is -0.672. The Kier molecular flexibility index (Phi) is 6.84. The van der Waals surface area contributed by atoms with E-state index >= 15 is 0 Å². The van der Waals surface area contributed by atoms with Gasteiger partial charge < -0.3 is 9.30 Å². The van der Waals surface area contributed by atoms with E-state index in [1.54, 1.807) is 17.6 Å². The Balaban J connectivity index is 2.65. The van der Waals surface area contributed by atoms with Gasteiger partial charge in [0.1, 0.15) is 5.75 Å². The van der Waals surface area contributed by atoms with E-state index in [-0.39, 0.29) is 17.1 Å². The smallest absolute Gasteiger partial charge is 0.406 e. The summed E-state index contributed by atoms with van der Waals surface area (Å²) in [5, 5.41) is 0. The first-order valence-electron chi connectivity index (χ1n) is 9.02. The molecule has 154 valence electrons. The Morgan fingerprint density at radius 3 is 2.48 bits per heavy atom. The van der Waals surface area contributed by atoms with Crippen LogP contribution in [0, 0.1) is 0 Å². The predicted molar refractivity (Wildman–Crippen MR) is 107 cm³/mol. The van der Waals surface area contributed by atoms with Crippen LogP contribution < -0.4 is 10.2 Å². The van der Waals surface area contributed by atoms with E-state index in [0.717, 1.165) is 6.42 Å². The van der Waals surface area contributed by atoms with Gasteiger partial charge in [-0.05, 0) is 49.1 Å². The monoisotopic (exact) mass is 405 g/mol. The van der Waals surface area contributed by atoms with Crippen LogP contribution in [0.1, 0.15) is 48.8 Å². The molecule has 0 atom stereocenters. The number of carbonyl (C=O) groups is 1. The number of ketones is 1. The Hall–Kier alpha value is -3.09. The number of aromatic nitrogens is 1. The number of carbonyl (C=O) groups excluding carboxylic acids is 1. The van der Waals surface area contributed by atoms with E-state index < -0.39 is 11.8 Å². The molecule has 0 saturated heterocycles. The van der Waals surface area contributed by atoms with Crippen LogP contribution in [0.25, 0.3) is 11.1 Å². The number of alkyl halides is 3. The van der Waals surface area contributed by atoms with Gasteiger partial charge in [-0.3, -0.25) is 9.59 Å². The maximum absolute atomic E-state index is 12.5. The van der Waals surface area contributed by atoms with E-state index in [9.17, 15) is 22.8 Å². The molecule has 4 nitrogen and oxygen atoms in total. The fourth-order valence-electron chi connectivity index (χ4n) is 3.07. The van der Waals surface area contributed by atoms with Gasteiger partial charge in [-0.2, -0.15) is 0 Å². The standard InChI is InChI=1S/C22H22F3NO3/c1-5-10-26-13-19(15(4)27)21(28)12-20(26)14(3)18(6-2)16-8-7-9-17(11-16)29-22(23,24)25/h6-9,11-13H,2,5,10H2,1,3-4H3/b18-14-. The Labute approximate surface area is 166 Å². The molecule has 7 heteroatoms. The number of hydrogen-bond donors (Lipinski definition) is 0. The second-order valence-electron chi connectivity index (χ2n) is 6.50. The van der Waals surface area contributed by atoms with Crippen LogP contribution in [-0.4, -0.2) is 16.7 Å². The molecule has 1 heterocycles. The molecule has 2 rings (SSSR count). The molecule has 0 unspecified atom stereocenters. The molecule has 2 aromatic rings. The lowest BCUT2D eigenvalue weighted by Gasteiger charge is -2.17. The molecule has 29 heavy (non-hydrogen) atoms. The SMILES string of the molecule is C=C/C(=C(\C)c1cc(=O)c(C(C)=O)cn1CCC)c1cccc(OC(F)(F)F)c1. The number of hydrogen-bond acceptors (Lipinski definition) is 3. The first kappa shape index (κ1) is 22.2. The number of rotatable bonds is 7. The fraction of sp³-hybridized carbons (Fsp3) is 0.273. The predicted octanol–water partition coefficient (Wildman–Crippen LogP) is 5.48. The summed E-state index contributed by atoms with van der Waals surface area (Å²) in [6.45, 7) is 9.38. The van der Waals surface area contributed by atoms with E-state index in [4.69, 9.17) is 0 Å². The van der Waals surface area contributed by atoms with E-state index in [1.807, 2.05) is 6.92 Å². The number of Topliss-reactive ketones (excluding diaryl/α,β-unsaturated/α-hetero) is 1. The van der Waals surface area contributed by atoms with Gasteiger partial charge in [-0.15, -0.1) is 13.2 Å². The highest BCUT2D eigenvalue weighted by atomic mass is 19.4. The molecule has 0 fully saturated rings. The van der Waals surface area contributed by atoms with Crippen LogP contribution >= 0.6 is 0 Å². The third-order valence-corrected chi connectivity index (χ3v) is 4.34. The Morgan fingerprint density at radius 2 is 1.93 bits per heavy atom. The number of halogens is 3. The van der Waals surface area contributed by atoms with Crippen LogP contribution in [-0.2, 0) is 6.54 Å². The quantitative estimate of drug-likeness (QED) is 0.453. The average Bonchev–Trinajstić information content (AvgIpc) is 2.62. The highest BCUT2D eigenvalue weighted by molar-refractivity contribution is 5.96. The van der Waals surface area contributed by atoms with Crippen molar-refractivity contribution in [2.75, 3.05) is 0 Å². The number of nitrogens with zero attached hydrogens (tertiary/aromatic N) is 1. The summed E-state index contributed by atoms with van der Waals surface area (Å²) in [4.78, 5) is 24.1. The average molecular weight is 405 g/mol. The van der Waals surface area contributed by atoms with Crippen molar-refractivity contribution in [1.82, 2.24) is 4.57 Å². The summed E-state index contributed by atoms with van der Waals surface area (Å²) in [7, 11) is 0. The van der Waals surface area contributed by atoms with Crippen LogP contribution in [0.3, 0.4) is 0 Å². The van der Waals surface area contributed by atoms with Gasteiger partial charge in [-0.25, -0.2) is 0 Å². The third kappa shape index (κ3) is 5.47. The highest BCUT2D eigenvalue weighted by Crippen LogP contribution is 2.30. The summed E-state index contributed by atoms with van der Waals surface area (Å²) < 4.78 is 43.4. The topological polar surface area (TPSA) is 48.3 Å². The first-order valence-corrected chi connectivity index (χ1v) is 9.02. The first-order chi connectivity index (χ1) is 13.6. The van der Waals surface area contributed by atoms with Crippen molar-refractivity contribution in [2.45, 2.75) is 40.1 Å². The lowest BCUT2D eigenvalue weighted by Crippen LogP contribution is -2.19. The summed E-state index contributed by atoms with van der Waals surface area (Å²) >= 11 is 0. The van der Waals surface area contributed by atoms with Crippen molar-refractivity contribution in [2.24, 2.45) is 0 Å². The molecule has 0 bridgehead atoms. The number of aryl methyl sites for hydroxylation is 1. The van der Waals surface area contributed by atoms with Crippen LogP contribution in [0.15, 0.2) is 54.0 Å². The van der Waals surface area contributed by atoms with E-state index in [0.29, 0.717) is 28.9 Å². The van der Waals surface area contributed by atoms with Crippen molar-refractivity contribution >= 4 is 16.9 Å². The van der Waals surface area contributed by atoms with Gasteiger partial charge in [0, 0.05) is 24.5 Å². The van der Waals surface area contributed by atoms with Gasteiger partial charge in [0.25, 0.3) is 0 Å². The van der Waals surface area contributed by atoms with E-state index in [2.05, 4.69) is 11.3 Å². The molecule has 0 aliphatic heterocycles. The fourth-order valence-corrected chi connectivity index (χ4v) is 3.07. The lowest BCUT2D eigenvalue weighted by atomic mass is 9.97. The molecule has 0 aliphatic rings. The molecular weight excluding hydrogens is 383 g/mol. The molecule has 0 spiro atoms. The van der Waals surface area contributed by atoms with Crippen molar-refractivity contribution < 1.29 is 22.7 Å². The zero-order valence-electron chi connectivity index (χ0n) is 16.5. The Bertz CT molecular complexity index is 1020. The molecule has 0 aliphatic carbocycles. The minimum atomic E-state index is -4.80. The molecular formula is C22H22F3NO3. The maximum Gasteiger partial charge on any atom is 0.573 e. The number of pyridine rings is 1. The number of allylic oxidation sites excluding steroid dienone is 3. The zero-order valence-corrected chi connectivity index (χ0v) is 16.5. The molecule has 0 saturated carbocycles. The Morgan fingerprint density at radius 1 is 1.24 bits per heavy atom. The van der Waals surface area contributed by atoms with Crippen LogP contribution in [0.2, 0.25) is 0 Å². The number of ether oxygens (including phenoxy) is 1. The van der Waals surface area contributed by atoms with Crippen molar-refractivity contribution in [3.63, 3.8) is 0 Å². The van der Waals surface area contributed by atoms with E-state index in [1.165, 1.54) is 43.5 Å². The van der Waals surface area contributed by atoms with Crippen molar-refractivity contribution in [3.8, 4) is 5.75 Å². The summed E-state index contributed by atoms with van der Waals surface area (Å²) in [6, 6.07) is 6.93. The second-order valence-corrected chi connectivity index (χ2v) is 6.50. The minimum Gasteiger partial charge on any atom is -0.406 e. The van der Waals surface area contributed by atoms with Crippen molar-refractivity contribution in [3.05, 3.63) is 76.2 Å². The van der Waals surface area contributed by atoms with Crippen LogP contribution in [0.5, 0.6) is 5.75 Å². The van der Waals surface area contributed by atoms with Crippen molar-refractivity contribution in [1.29, 1.82) is 0 Å². The maximum atomic E-state index is 12.5. The molecule has 0 N–H and O–H groups in total. The second kappa shape index (κ2) is 8.94. The van der Waals surface area contributed by atoms with Gasteiger partial charge in [0.15, 0.2) is 11.2 Å². The zero-order chi connectivity index (χ0) is 21.8. The minimum absolute atomic E-state index is 0.0933. The van der Waals surface area contributed by atoms with Crippen LogP contribution in [0.4, 0.5) is 13.2 Å². The lowest BCUT2D eigenvalue weighted by molar-refractivity contribution is -0.274. The highest BCUT2D eigenvalue weighted by Gasteiger charge is 2.31. The van der Waals surface area contributed by atoms with Gasteiger partial charge in [0.05, 0.1) is 5.56 Å². The largest absolute Gasteiger partial charge is 0.573 e. The normalized spacial score (nSPS) is 12.3. The van der Waals surface area contributed by atoms with Gasteiger partial charge in [-0.1, -0.05) is 31.7 Å².